The number of rotatable bonds is 3. The van der Waals surface area contributed by atoms with Crippen molar-refractivity contribution in [3.8, 4) is 0 Å². The summed E-state index contributed by atoms with van der Waals surface area (Å²) in [4.78, 5) is 11.4. The Balaban J connectivity index is 1.70. The molecule has 2 unspecified atom stereocenters. The Labute approximate surface area is 112 Å². The molecular formula is C16H15NO2. The van der Waals surface area contributed by atoms with Gasteiger partial charge in [0.05, 0.1) is 6.04 Å². The smallest absolute Gasteiger partial charge is 0.244 e. The van der Waals surface area contributed by atoms with Crippen molar-refractivity contribution in [3.05, 3.63) is 72.0 Å². The summed E-state index contributed by atoms with van der Waals surface area (Å²) in [5.74, 6) is 0.938. The predicted molar refractivity (Wildman–Crippen MR) is 73.0 cm³/mol. The number of carbonyl (C=O) groups is 1. The maximum Gasteiger partial charge on any atom is 0.244 e. The number of hydrogen-bond acceptors (Lipinski definition) is 2. The summed E-state index contributed by atoms with van der Waals surface area (Å²) in [6.45, 7) is 0.517. The van der Waals surface area contributed by atoms with Crippen LogP contribution in [-0.4, -0.2) is 11.9 Å². The van der Waals surface area contributed by atoms with Crippen LogP contribution in [-0.2, 0) is 16.1 Å². The Bertz CT molecular complexity index is 557. The van der Waals surface area contributed by atoms with Gasteiger partial charge in [-0.2, -0.15) is 0 Å². The second kappa shape index (κ2) is 5.14. The standard InChI is InChI=1S/C16H15NO2/c18-15-10-9-13-7-4-8-14(16(13)17-15)19-11-12-5-2-1-3-6-12/h1-10,13,16H,11H2,(H,17,18). The molecule has 2 atom stereocenters. The molecular weight excluding hydrogens is 238 g/mol. The summed E-state index contributed by atoms with van der Waals surface area (Å²) in [6.07, 6.45) is 9.45. The number of nitrogens with one attached hydrogen (secondary N) is 1. The maximum atomic E-state index is 11.4. The van der Waals surface area contributed by atoms with Crippen LogP contribution in [0.4, 0.5) is 0 Å². The molecule has 0 radical (unpaired) electrons. The van der Waals surface area contributed by atoms with Crippen LogP contribution in [0.25, 0.3) is 0 Å². The largest absolute Gasteiger partial charge is 0.491 e. The highest BCUT2D eigenvalue weighted by molar-refractivity contribution is 5.89. The van der Waals surface area contributed by atoms with E-state index in [1.54, 1.807) is 6.08 Å². The third kappa shape index (κ3) is 2.60. The summed E-state index contributed by atoms with van der Waals surface area (Å²) in [7, 11) is 0. The summed E-state index contributed by atoms with van der Waals surface area (Å²) in [6, 6.07) is 9.93. The van der Waals surface area contributed by atoms with Crippen LogP contribution < -0.4 is 5.32 Å². The lowest BCUT2D eigenvalue weighted by Crippen LogP contribution is -2.44. The number of hydrogen-bond donors (Lipinski definition) is 1. The van der Waals surface area contributed by atoms with Gasteiger partial charge in [0.15, 0.2) is 0 Å². The maximum absolute atomic E-state index is 11.4. The quantitative estimate of drug-likeness (QED) is 0.897. The Hall–Kier alpha value is -2.29. The molecule has 3 nitrogen and oxygen atoms in total. The zero-order valence-corrected chi connectivity index (χ0v) is 10.5. The van der Waals surface area contributed by atoms with Gasteiger partial charge >= 0.3 is 0 Å². The van der Waals surface area contributed by atoms with Gasteiger partial charge in [-0.1, -0.05) is 48.6 Å². The van der Waals surface area contributed by atoms with E-state index in [0.29, 0.717) is 6.61 Å². The number of carbonyl (C=O) groups excluding carboxylic acids is 1. The molecule has 96 valence electrons. The Morgan fingerprint density at radius 3 is 2.84 bits per heavy atom. The van der Waals surface area contributed by atoms with E-state index in [4.69, 9.17) is 4.74 Å². The molecule has 0 fully saturated rings. The third-order valence-corrected chi connectivity index (χ3v) is 3.30. The number of allylic oxidation sites excluding steroid dienone is 2. The molecule has 0 spiro atoms. The first-order chi connectivity index (χ1) is 9.33. The molecule has 0 saturated carbocycles. The van der Waals surface area contributed by atoms with Crippen molar-refractivity contribution in [3.63, 3.8) is 0 Å². The molecule has 1 aliphatic heterocycles. The van der Waals surface area contributed by atoms with Gasteiger partial charge in [0, 0.05) is 5.92 Å². The number of benzene rings is 1. The van der Waals surface area contributed by atoms with Crippen molar-refractivity contribution >= 4 is 5.91 Å². The molecule has 19 heavy (non-hydrogen) atoms. The van der Waals surface area contributed by atoms with Crippen molar-refractivity contribution in [2.24, 2.45) is 5.92 Å². The molecule has 0 saturated heterocycles. The van der Waals surface area contributed by atoms with Crippen molar-refractivity contribution in [1.29, 1.82) is 0 Å². The Morgan fingerprint density at radius 1 is 1.16 bits per heavy atom. The second-order valence-electron chi connectivity index (χ2n) is 4.65. The minimum absolute atomic E-state index is 0.0641. The first-order valence-electron chi connectivity index (χ1n) is 6.37. The lowest BCUT2D eigenvalue weighted by atomic mass is 9.90. The van der Waals surface area contributed by atoms with Gasteiger partial charge in [0.25, 0.3) is 0 Å². The molecule has 3 heteroatoms. The average molecular weight is 253 g/mol. The van der Waals surface area contributed by atoms with Gasteiger partial charge in [-0.15, -0.1) is 0 Å². The molecule has 1 heterocycles. The monoisotopic (exact) mass is 253 g/mol. The van der Waals surface area contributed by atoms with Crippen molar-refractivity contribution < 1.29 is 9.53 Å². The van der Waals surface area contributed by atoms with Crippen LogP contribution in [0.2, 0.25) is 0 Å². The fourth-order valence-corrected chi connectivity index (χ4v) is 2.30. The molecule has 3 rings (SSSR count). The topological polar surface area (TPSA) is 38.3 Å². The van der Waals surface area contributed by atoms with E-state index < -0.39 is 0 Å². The molecule has 1 aromatic carbocycles. The summed E-state index contributed by atoms with van der Waals surface area (Å²) >= 11 is 0. The van der Waals surface area contributed by atoms with Gasteiger partial charge in [-0.05, 0) is 17.7 Å². The van der Waals surface area contributed by atoms with E-state index in [0.717, 1.165) is 11.3 Å². The minimum atomic E-state index is -0.0776. The molecule has 0 bridgehead atoms. The molecule has 0 aromatic heterocycles. The van der Waals surface area contributed by atoms with Crippen LogP contribution in [0.1, 0.15) is 5.56 Å². The number of ether oxygens (including phenoxy) is 1. The van der Waals surface area contributed by atoms with Gasteiger partial charge in [0.1, 0.15) is 12.4 Å². The molecule has 2 aliphatic rings. The van der Waals surface area contributed by atoms with Crippen molar-refractivity contribution in [2.75, 3.05) is 0 Å². The Morgan fingerprint density at radius 2 is 2.00 bits per heavy atom. The third-order valence-electron chi connectivity index (χ3n) is 3.30. The van der Waals surface area contributed by atoms with Gasteiger partial charge < -0.3 is 10.1 Å². The fraction of sp³-hybridized carbons (Fsp3) is 0.188. The van der Waals surface area contributed by atoms with E-state index in [1.807, 2.05) is 48.6 Å². The molecule has 1 aromatic rings. The summed E-state index contributed by atoms with van der Waals surface area (Å²) < 4.78 is 5.85. The van der Waals surface area contributed by atoms with Gasteiger partial charge in [0.2, 0.25) is 5.91 Å². The van der Waals surface area contributed by atoms with Crippen LogP contribution in [0.15, 0.2) is 66.5 Å². The minimum Gasteiger partial charge on any atom is -0.491 e. The van der Waals surface area contributed by atoms with Crippen LogP contribution in [0, 0.1) is 5.92 Å². The van der Waals surface area contributed by atoms with E-state index in [9.17, 15) is 4.79 Å². The highest BCUT2D eigenvalue weighted by atomic mass is 16.5. The van der Waals surface area contributed by atoms with Crippen molar-refractivity contribution in [2.45, 2.75) is 12.6 Å². The SMILES string of the molecule is O=C1C=CC2C=CC=C(OCc3ccccc3)C2N1. The van der Waals surface area contributed by atoms with E-state index >= 15 is 0 Å². The summed E-state index contributed by atoms with van der Waals surface area (Å²) in [5.41, 5.74) is 1.12. The van der Waals surface area contributed by atoms with Crippen LogP contribution in [0.3, 0.4) is 0 Å². The highest BCUT2D eigenvalue weighted by Crippen LogP contribution is 2.24. The molecule has 1 aliphatic carbocycles. The highest BCUT2D eigenvalue weighted by Gasteiger charge is 2.28. The number of fused-ring (bicyclic) bond motifs is 1. The lowest BCUT2D eigenvalue weighted by Gasteiger charge is -2.30. The lowest BCUT2D eigenvalue weighted by molar-refractivity contribution is -0.117. The first-order valence-corrected chi connectivity index (χ1v) is 6.37. The fourth-order valence-electron chi connectivity index (χ4n) is 2.30. The van der Waals surface area contributed by atoms with E-state index in [2.05, 4.69) is 11.4 Å². The normalized spacial score (nSPS) is 24.4. The zero-order valence-electron chi connectivity index (χ0n) is 10.5. The van der Waals surface area contributed by atoms with Gasteiger partial charge in [-0.3, -0.25) is 4.79 Å². The first kappa shape index (κ1) is 11.8. The molecule has 1 amide bonds. The van der Waals surface area contributed by atoms with Gasteiger partial charge in [-0.25, -0.2) is 0 Å². The predicted octanol–water partition coefficient (Wildman–Crippen LogP) is 2.33. The average Bonchev–Trinajstić information content (AvgIpc) is 2.46. The Kier molecular flexibility index (Phi) is 3.19. The van der Waals surface area contributed by atoms with Crippen molar-refractivity contribution in [1.82, 2.24) is 5.32 Å². The van der Waals surface area contributed by atoms with Crippen LogP contribution >= 0.6 is 0 Å². The molecule has 1 N–H and O–H groups in total. The van der Waals surface area contributed by atoms with E-state index in [-0.39, 0.29) is 17.9 Å². The zero-order chi connectivity index (χ0) is 13.1. The van der Waals surface area contributed by atoms with E-state index in [1.165, 1.54) is 0 Å². The number of amides is 1. The second-order valence-corrected chi connectivity index (χ2v) is 4.65. The summed E-state index contributed by atoms with van der Waals surface area (Å²) in [5, 5.41) is 2.93. The van der Waals surface area contributed by atoms with Crippen LogP contribution in [0.5, 0.6) is 0 Å².